The van der Waals surface area contributed by atoms with Crippen molar-refractivity contribution in [3.05, 3.63) is 11.7 Å². The molecule has 6 heteroatoms. The van der Waals surface area contributed by atoms with Crippen molar-refractivity contribution in [1.29, 1.82) is 0 Å². The Hall–Kier alpha value is -1.04. The van der Waals surface area contributed by atoms with Gasteiger partial charge in [-0.05, 0) is 29.5 Å². The number of aromatic carboxylic acids is 1. The molecule has 0 aliphatic carbocycles. The molecule has 0 amide bonds. The average molecular weight is 228 g/mol. The van der Waals surface area contributed by atoms with Crippen molar-refractivity contribution in [3.8, 4) is 0 Å². The Kier molecular flexibility index (Phi) is 2.68. The molecule has 0 radical (unpaired) electrons. The molecule has 1 aliphatic rings. The SMILES string of the molecule is CC1(c2nc(C(=O)O)no2)CCSCC1. The topological polar surface area (TPSA) is 76.2 Å². The zero-order chi connectivity index (χ0) is 10.9. The third kappa shape index (κ3) is 1.99. The molecule has 2 heterocycles. The highest BCUT2D eigenvalue weighted by atomic mass is 32.2. The minimum atomic E-state index is -1.14. The van der Waals surface area contributed by atoms with E-state index in [9.17, 15) is 4.79 Å². The third-order valence-corrected chi connectivity index (χ3v) is 3.72. The minimum Gasteiger partial charge on any atom is -0.475 e. The Morgan fingerprint density at radius 2 is 2.20 bits per heavy atom. The molecule has 15 heavy (non-hydrogen) atoms. The maximum absolute atomic E-state index is 10.6. The number of nitrogens with zero attached hydrogens (tertiary/aromatic N) is 2. The molecule has 0 spiro atoms. The van der Waals surface area contributed by atoms with Gasteiger partial charge in [0.25, 0.3) is 5.82 Å². The molecule has 82 valence electrons. The van der Waals surface area contributed by atoms with E-state index in [0.29, 0.717) is 5.89 Å². The first-order valence-corrected chi connectivity index (χ1v) is 5.92. The van der Waals surface area contributed by atoms with Gasteiger partial charge in [-0.15, -0.1) is 0 Å². The van der Waals surface area contributed by atoms with Gasteiger partial charge < -0.3 is 9.63 Å². The Labute approximate surface area is 91.2 Å². The molecule has 2 rings (SSSR count). The Balaban J connectivity index is 2.23. The second kappa shape index (κ2) is 3.84. The van der Waals surface area contributed by atoms with Crippen LogP contribution in [0.4, 0.5) is 0 Å². The summed E-state index contributed by atoms with van der Waals surface area (Å²) in [5.41, 5.74) is -0.147. The van der Waals surface area contributed by atoms with Crippen LogP contribution in [0.15, 0.2) is 4.52 Å². The lowest BCUT2D eigenvalue weighted by molar-refractivity contribution is 0.0680. The largest absolute Gasteiger partial charge is 0.475 e. The van der Waals surface area contributed by atoms with E-state index in [1.165, 1.54) is 0 Å². The fourth-order valence-electron chi connectivity index (χ4n) is 1.59. The van der Waals surface area contributed by atoms with Crippen molar-refractivity contribution in [2.24, 2.45) is 0 Å². The summed E-state index contributed by atoms with van der Waals surface area (Å²) in [6.45, 7) is 2.05. The molecule has 0 unspecified atom stereocenters. The van der Waals surface area contributed by atoms with Crippen LogP contribution in [0.2, 0.25) is 0 Å². The van der Waals surface area contributed by atoms with Crippen molar-refractivity contribution in [3.63, 3.8) is 0 Å². The van der Waals surface area contributed by atoms with E-state index in [1.54, 1.807) is 0 Å². The predicted molar refractivity (Wildman–Crippen MR) is 55.2 cm³/mol. The molecule has 0 aromatic carbocycles. The number of carbonyl (C=O) groups is 1. The number of thioether (sulfide) groups is 1. The summed E-state index contributed by atoms with van der Waals surface area (Å²) in [5, 5.41) is 12.1. The summed E-state index contributed by atoms with van der Waals surface area (Å²) in [5.74, 6) is 1.19. The van der Waals surface area contributed by atoms with Gasteiger partial charge in [-0.2, -0.15) is 16.7 Å². The fraction of sp³-hybridized carbons (Fsp3) is 0.667. The van der Waals surface area contributed by atoms with E-state index >= 15 is 0 Å². The molecule has 0 saturated carbocycles. The number of hydrogen-bond donors (Lipinski definition) is 1. The van der Waals surface area contributed by atoms with E-state index in [2.05, 4.69) is 10.1 Å². The molecule has 1 aromatic rings. The van der Waals surface area contributed by atoms with Crippen LogP contribution in [0.3, 0.4) is 0 Å². The number of aromatic nitrogens is 2. The predicted octanol–water partition coefficient (Wildman–Crippen LogP) is 1.55. The molecule has 1 fully saturated rings. The Morgan fingerprint density at radius 1 is 1.53 bits per heavy atom. The molecule has 0 bridgehead atoms. The summed E-state index contributed by atoms with van der Waals surface area (Å²) in [4.78, 5) is 14.5. The van der Waals surface area contributed by atoms with Gasteiger partial charge in [0.15, 0.2) is 0 Å². The summed E-state index contributed by atoms with van der Waals surface area (Å²) in [6.07, 6.45) is 1.91. The van der Waals surface area contributed by atoms with Crippen LogP contribution in [-0.2, 0) is 5.41 Å². The van der Waals surface area contributed by atoms with Crippen LogP contribution in [0, 0.1) is 0 Å². The van der Waals surface area contributed by atoms with Crippen molar-refractivity contribution in [2.45, 2.75) is 25.2 Å². The lowest BCUT2D eigenvalue weighted by Gasteiger charge is -2.28. The van der Waals surface area contributed by atoms with Gasteiger partial charge in [0.1, 0.15) is 0 Å². The van der Waals surface area contributed by atoms with Crippen LogP contribution >= 0.6 is 11.8 Å². The molecule has 1 N–H and O–H groups in total. The molecular formula is C9H12N2O3S. The second-order valence-corrected chi connectivity index (χ2v) is 5.13. The van der Waals surface area contributed by atoms with E-state index in [-0.39, 0.29) is 11.2 Å². The van der Waals surface area contributed by atoms with Crippen molar-refractivity contribution >= 4 is 17.7 Å². The monoisotopic (exact) mass is 228 g/mol. The third-order valence-electron chi connectivity index (χ3n) is 2.73. The van der Waals surface area contributed by atoms with E-state index in [4.69, 9.17) is 9.63 Å². The van der Waals surface area contributed by atoms with Gasteiger partial charge in [-0.3, -0.25) is 0 Å². The van der Waals surface area contributed by atoms with E-state index < -0.39 is 5.97 Å². The van der Waals surface area contributed by atoms with E-state index in [0.717, 1.165) is 24.3 Å². The summed E-state index contributed by atoms with van der Waals surface area (Å²) in [6, 6.07) is 0. The highest BCUT2D eigenvalue weighted by Gasteiger charge is 2.35. The summed E-state index contributed by atoms with van der Waals surface area (Å²) < 4.78 is 5.02. The van der Waals surface area contributed by atoms with Crippen LogP contribution in [-0.4, -0.2) is 32.7 Å². The van der Waals surface area contributed by atoms with Crippen molar-refractivity contribution in [2.75, 3.05) is 11.5 Å². The van der Waals surface area contributed by atoms with Crippen LogP contribution in [0.25, 0.3) is 0 Å². The van der Waals surface area contributed by atoms with Crippen LogP contribution < -0.4 is 0 Å². The summed E-state index contributed by atoms with van der Waals surface area (Å²) >= 11 is 1.90. The fourth-order valence-corrected chi connectivity index (χ4v) is 2.99. The Morgan fingerprint density at radius 3 is 2.73 bits per heavy atom. The number of rotatable bonds is 2. The van der Waals surface area contributed by atoms with Gasteiger partial charge in [0.05, 0.1) is 0 Å². The maximum atomic E-state index is 10.6. The zero-order valence-corrected chi connectivity index (χ0v) is 9.21. The molecule has 1 aromatic heterocycles. The quantitative estimate of drug-likeness (QED) is 0.827. The van der Waals surface area contributed by atoms with Crippen LogP contribution in [0.1, 0.15) is 36.3 Å². The summed E-state index contributed by atoms with van der Waals surface area (Å²) in [7, 11) is 0. The van der Waals surface area contributed by atoms with Gasteiger partial charge in [0.2, 0.25) is 5.89 Å². The normalized spacial score (nSPS) is 20.1. The molecular weight excluding hydrogens is 216 g/mol. The van der Waals surface area contributed by atoms with E-state index in [1.807, 2.05) is 18.7 Å². The first-order valence-electron chi connectivity index (χ1n) is 4.77. The van der Waals surface area contributed by atoms with Crippen molar-refractivity contribution in [1.82, 2.24) is 10.1 Å². The van der Waals surface area contributed by atoms with Gasteiger partial charge in [-0.1, -0.05) is 6.92 Å². The molecule has 5 nitrogen and oxygen atoms in total. The highest BCUT2D eigenvalue weighted by Crippen LogP contribution is 2.36. The highest BCUT2D eigenvalue weighted by molar-refractivity contribution is 7.99. The molecule has 1 aliphatic heterocycles. The lowest BCUT2D eigenvalue weighted by atomic mass is 9.84. The van der Waals surface area contributed by atoms with Gasteiger partial charge in [0, 0.05) is 5.41 Å². The number of carboxylic acid groups (broad SMARTS) is 1. The first kappa shape index (κ1) is 10.5. The van der Waals surface area contributed by atoms with Gasteiger partial charge >= 0.3 is 5.97 Å². The second-order valence-electron chi connectivity index (χ2n) is 3.90. The van der Waals surface area contributed by atoms with Crippen molar-refractivity contribution < 1.29 is 14.4 Å². The Bertz CT molecular complexity index is 371. The maximum Gasteiger partial charge on any atom is 0.377 e. The zero-order valence-electron chi connectivity index (χ0n) is 8.39. The molecule has 0 atom stereocenters. The number of hydrogen-bond acceptors (Lipinski definition) is 5. The van der Waals surface area contributed by atoms with Crippen LogP contribution in [0.5, 0.6) is 0 Å². The number of carboxylic acids is 1. The smallest absolute Gasteiger partial charge is 0.377 e. The average Bonchev–Trinajstić information content (AvgIpc) is 2.68. The lowest BCUT2D eigenvalue weighted by Crippen LogP contribution is -2.27. The minimum absolute atomic E-state index is 0.147. The standard InChI is InChI=1S/C9H12N2O3S/c1-9(2-4-15-5-3-9)8-10-6(7(12)13)11-14-8/h2-5H2,1H3,(H,12,13). The molecule has 1 saturated heterocycles. The van der Waals surface area contributed by atoms with Gasteiger partial charge in [-0.25, -0.2) is 4.79 Å². The first-order chi connectivity index (χ1) is 7.12.